The Morgan fingerprint density at radius 1 is 1.45 bits per heavy atom. The molecule has 5 nitrogen and oxygen atoms in total. The minimum Gasteiger partial charge on any atom is -0.393 e. The molecule has 66 valence electrons. The largest absolute Gasteiger partial charge is 0.393 e. The van der Waals surface area contributed by atoms with Crippen molar-refractivity contribution >= 4 is 0 Å². The molecular weight excluding hydrogens is 150 g/mol. The van der Waals surface area contributed by atoms with E-state index in [1.807, 2.05) is 0 Å². The van der Waals surface area contributed by atoms with Crippen LogP contribution in [0.2, 0.25) is 0 Å². The van der Waals surface area contributed by atoms with Gasteiger partial charge in [0.2, 0.25) is 0 Å². The van der Waals surface area contributed by atoms with Crippen LogP contribution in [0.5, 0.6) is 0 Å². The Morgan fingerprint density at radius 3 is 2.18 bits per heavy atom. The van der Waals surface area contributed by atoms with Gasteiger partial charge in [0.15, 0.2) is 0 Å². The quantitative estimate of drug-likeness (QED) is 0.347. The molecule has 0 spiro atoms. The van der Waals surface area contributed by atoms with Gasteiger partial charge in [-0.2, -0.15) is 0 Å². The van der Waals surface area contributed by atoms with Crippen molar-refractivity contribution in [3.8, 4) is 0 Å². The van der Waals surface area contributed by atoms with E-state index >= 15 is 0 Å². The summed E-state index contributed by atoms with van der Waals surface area (Å²) < 4.78 is 0. The zero-order valence-corrected chi connectivity index (χ0v) is 6.60. The van der Waals surface area contributed by atoms with Crippen molar-refractivity contribution in [1.82, 2.24) is 0 Å². The Balaban J connectivity index is 3.75. The van der Waals surface area contributed by atoms with Crippen molar-refractivity contribution in [2.75, 3.05) is 0 Å². The third-order valence-electron chi connectivity index (χ3n) is 1.65. The number of hydrogen-bond donors (Lipinski definition) is 2. The highest BCUT2D eigenvalue weighted by atomic mass is 16.7. The molecule has 0 aliphatic carbocycles. The Kier molecular flexibility index (Phi) is 3.99. The second-order valence-electron chi connectivity index (χ2n) is 2.72. The number of nitrogens with zero attached hydrogens (tertiary/aromatic N) is 1. The van der Waals surface area contributed by atoms with Crippen molar-refractivity contribution < 1.29 is 15.1 Å². The predicted octanol–water partition coefficient (Wildman–Crippen LogP) is -0.0115. The van der Waals surface area contributed by atoms with Gasteiger partial charge in [-0.15, -0.1) is 0 Å². The summed E-state index contributed by atoms with van der Waals surface area (Å²) in [5.74, 6) is -0.254. The first-order chi connectivity index (χ1) is 4.95. The summed E-state index contributed by atoms with van der Waals surface area (Å²) in [5.41, 5.74) is 0. The Hall–Kier alpha value is -0.680. The van der Waals surface area contributed by atoms with Crippen LogP contribution in [0, 0.1) is 16.0 Å². The van der Waals surface area contributed by atoms with E-state index in [9.17, 15) is 10.1 Å². The van der Waals surface area contributed by atoms with Gasteiger partial charge >= 0.3 is 6.23 Å². The van der Waals surface area contributed by atoms with Crippen LogP contribution < -0.4 is 0 Å². The molecular formula is C6H13NO4. The average molecular weight is 163 g/mol. The van der Waals surface area contributed by atoms with E-state index in [0.29, 0.717) is 0 Å². The number of aliphatic hydroxyl groups excluding tert-OH is 2. The summed E-state index contributed by atoms with van der Waals surface area (Å²) in [6, 6.07) is 0. The fourth-order valence-electron chi connectivity index (χ4n) is 0.616. The fraction of sp³-hybridized carbons (Fsp3) is 1.00. The summed E-state index contributed by atoms with van der Waals surface area (Å²) >= 11 is 0. The van der Waals surface area contributed by atoms with E-state index < -0.39 is 17.3 Å². The summed E-state index contributed by atoms with van der Waals surface area (Å²) in [7, 11) is 0. The zero-order valence-electron chi connectivity index (χ0n) is 6.60. The van der Waals surface area contributed by atoms with Gasteiger partial charge in [0.05, 0.1) is 11.0 Å². The van der Waals surface area contributed by atoms with Crippen LogP contribution in [0.3, 0.4) is 0 Å². The molecule has 3 atom stereocenters. The molecule has 0 saturated heterocycles. The first kappa shape index (κ1) is 10.3. The second kappa shape index (κ2) is 4.25. The Morgan fingerprint density at radius 2 is 1.91 bits per heavy atom. The van der Waals surface area contributed by atoms with Crippen molar-refractivity contribution in [1.29, 1.82) is 0 Å². The number of rotatable bonds is 4. The van der Waals surface area contributed by atoms with Gasteiger partial charge in [-0.1, -0.05) is 6.92 Å². The molecule has 0 saturated carbocycles. The maximum absolute atomic E-state index is 9.93. The molecule has 2 N–H and O–H groups in total. The average Bonchev–Trinajstić information content (AvgIpc) is 1.87. The molecule has 0 heterocycles. The molecule has 0 aromatic rings. The highest BCUT2D eigenvalue weighted by Crippen LogP contribution is 2.10. The minimum absolute atomic E-state index is 0.00926. The molecule has 3 unspecified atom stereocenters. The monoisotopic (exact) mass is 163 g/mol. The lowest BCUT2D eigenvalue weighted by atomic mass is 10.0. The third kappa shape index (κ3) is 3.90. The van der Waals surface area contributed by atoms with E-state index in [-0.39, 0.29) is 12.3 Å². The maximum Gasteiger partial charge on any atom is 0.313 e. The highest BCUT2D eigenvalue weighted by molar-refractivity contribution is 4.59. The predicted molar refractivity (Wildman–Crippen MR) is 38.5 cm³/mol. The van der Waals surface area contributed by atoms with E-state index in [4.69, 9.17) is 10.2 Å². The van der Waals surface area contributed by atoms with Gasteiger partial charge in [-0.25, -0.2) is 0 Å². The van der Waals surface area contributed by atoms with Crippen LogP contribution in [0.4, 0.5) is 0 Å². The summed E-state index contributed by atoms with van der Waals surface area (Å²) in [6.07, 6.45) is -2.19. The Labute approximate surface area is 64.8 Å². The molecule has 0 fully saturated rings. The van der Waals surface area contributed by atoms with Crippen LogP contribution in [-0.2, 0) is 0 Å². The standard InChI is InChI=1S/C6H13NO4/c1-4(5(2)8)3-6(9)7(10)11/h4-6,8-9H,3H2,1-2H3. The lowest BCUT2D eigenvalue weighted by Crippen LogP contribution is -2.25. The lowest BCUT2D eigenvalue weighted by Gasteiger charge is -2.13. The van der Waals surface area contributed by atoms with Crippen molar-refractivity contribution in [2.45, 2.75) is 32.6 Å². The molecule has 11 heavy (non-hydrogen) atoms. The topological polar surface area (TPSA) is 83.6 Å². The SMILES string of the molecule is CC(O)C(C)CC(O)[N+](=O)[O-]. The van der Waals surface area contributed by atoms with E-state index in [1.54, 1.807) is 6.92 Å². The number of hydrogen-bond acceptors (Lipinski definition) is 4. The number of aliphatic hydroxyl groups is 2. The molecule has 5 heteroatoms. The van der Waals surface area contributed by atoms with Gasteiger partial charge < -0.3 is 10.2 Å². The normalized spacial score (nSPS) is 18.9. The third-order valence-corrected chi connectivity index (χ3v) is 1.65. The van der Waals surface area contributed by atoms with Crippen LogP contribution in [0.25, 0.3) is 0 Å². The Bertz CT molecular complexity index is 137. The molecule has 0 rings (SSSR count). The van der Waals surface area contributed by atoms with Crippen LogP contribution >= 0.6 is 0 Å². The van der Waals surface area contributed by atoms with Crippen LogP contribution in [0.1, 0.15) is 20.3 Å². The van der Waals surface area contributed by atoms with Crippen LogP contribution in [-0.4, -0.2) is 27.5 Å². The molecule has 0 aliphatic rings. The zero-order chi connectivity index (χ0) is 9.02. The fourth-order valence-corrected chi connectivity index (χ4v) is 0.616. The number of nitro groups is 1. The van der Waals surface area contributed by atoms with Crippen LogP contribution in [0.15, 0.2) is 0 Å². The summed E-state index contributed by atoms with van der Waals surface area (Å²) in [4.78, 5) is 9.17. The first-order valence-corrected chi connectivity index (χ1v) is 3.44. The van der Waals surface area contributed by atoms with Gasteiger partial charge in [0.1, 0.15) is 0 Å². The smallest absolute Gasteiger partial charge is 0.313 e. The van der Waals surface area contributed by atoms with Gasteiger partial charge in [-0.05, 0) is 12.8 Å². The molecule has 0 bridgehead atoms. The molecule has 0 aliphatic heterocycles. The van der Waals surface area contributed by atoms with E-state index in [0.717, 1.165) is 0 Å². The second-order valence-corrected chi connectivity index (χ2v) is 2.72. The van der Waals surface area contributed by atoms with E-state index in [1.165, 1.54) is 6.92 Å². The van der Waals surface area contributed by atoms with Gasteiger partial charge in [0.25, 0.3) is 0 Å². The van der Waals surface area contributed by atoms with Gasteiger partial charge in [-0.3, -0.25) is 10.1 Å². The molecule has 0 aromatic heterocycles. The van der Waals surface area contributed by atoms with E-state index in [2.05, 4.69) is 0 Å². The highest BCUT2D eigenvalue weighted by Gasteiger charge is 2.21. The van der Waals surface area contributed by atoms with Gasteiger partial charge in [0, 0.05) is 6.42 Å². The molecule has 0 radical (unpaired) electrons. The summed E-state index contributed by atoms with van der Waals surface area (Å²) in [6.45, 7) is 3.19. The van der Waals surface area contributed by atoms with Crippen molar-refractivity contribution in [3.63, 3.8) is 0 Å². The van der Waals surface area contributed by atoms with Crippen molar-refractivity contribution in [3.05, 3.63) is 10.1 Å². The first-order valence-electron chi connectivity index (χ1n) is 3.44. The molecule has 0 aromatic carbocycles. The lowest BCUT2D eigenvalue weighted by molar-refractivity contribution is -0.572. The molecule has 0 amide bonds. The van der Waals surface area contributed by atoms with Crippen molar-refractivity contribution in [2.24, 2.45) is 5.92 Å². The minimum atomic E-state index is -1.56. The summed E-state index contributed by atoms with van der Waals surface area (Å²) in [5, 5.41) is 27.6. The maximum atomic E-state index is 9.93.